The van der Waals surface area contributed by atoms with Crippen LogP contribution >= 0.6 is 0 Å². The molecule has 1 unspecified atom stereocenters. The summed E-state index contributed by atoms with van der Waals surface area (Å²) in [5.74, 6) is -0.351. The Morgan fingerprint density at radius 2 is 1.52 bits per heavy atom. The SMILES string of the molecule is CNC(C(=O)N[C@@H](C)C(=O)Nc1ccc(C(OC)OC)cc1)C(C)C. The van der Waals surface area contributed by atoms with Gasteiger partial charge in [0.05, 0.1) is 6.04 Å². The van der Waals surface area contributed by atoms with E-state index in [1.807, 2.05) is 26.0 Å². The number of amides is 2. The molecule has 0 aliphatic rings. The smallest absolute Gasteiger partial charge is 0.246 e. The molecular formula is C18H29N3O4. The largest absolute Gasteiger partial charge is 0.352 e. The number of carbonyl (C=O) groups excluding carboxylic acids is 2. The topological polar surface area (TPSA) is 88.7 Å². The van der Waals surface area contributed by atoms with Crippen molar-refractivity contribution in [1.29, 1.82) is 0 Å². The van der Waals surface area contributed by atoms with Crippen LogP contribution in [0.1, 0.15) is 32.6 Å². The van der Waals surface area contributed by atoms with Crippen LogP contribution in [0.25, 0.3) is 0 Å². The van der Waals surface area contributed by atoms with Gasteiger partial charge in [0.2, 0.25) is 11.8 Å². The van der Waals surface area contributed by atoms with Crippen LogP contribution in [-0.2, 0) is 19.1 Å². The van der Waals surface area contributed by atoms with Crippen molar-refractivity contribution in [3.05, 3.63) is 29.8 Å². The lowest BCUT2D eigenvalue weighted by Crippen LogP contribution is -2.51. The van der Waals surface area contributed by atoms with Crippen molar-refractivity contribution in [1.82, 2.24) is 10.6 Å². The maximum absolute atomic E-state index is 12.3. The molecule has 25 heavy (non-hydrogen) atoms. The van der Waals surface area contributed by atoms with Crippen LogP contribution in [0.4, 0.5) is 5.69 Å². The predicted molar refractivity (Wildman–Crippen MR) is 97.1 cm³/mol. The molecule has 0 bridgehead atoms. The molecule has 0 saturated heterocycles. The molecule has 140 valence electrons. The fourth-order valence-corrected chi connectivity index (χ4v) is 2.48. The number of benzene rings is 1. The third-order valence-corrected chi connectivity index (χ3v) is 3.89. The second-order valence-electron chi connectivity index (χ2n) is 6.16. The van der Waals surface area contributed by atoms with Gasteiger partial charge in [0.1, 0.15) is 6.04 Å². The molecule has 0 saturated carbocycles. The minimum atomic E-state index is -0.646. The Morgan fingerprint density at radius 3 is 1.96 bits per heavy atom. The first-order chi connectivity index (χ1) is 11.8. The molecule has 0 radical (unpaired) electrons. The summed E-state index contributed by atoms with van der Waals surface area (Å²) in [4.78, 5) is 24.5. The normalized spacial score (nSPS) is 13.6. The third kappa shape index (κ3) is 6.12. The Balaban J connectivity index is 2.64. The van der Waals surface area contributed by atoms with Crippen molar-refractivity contribution in [2.45, 2.75) is 39.1 Å². The number of rotatable bonds is 9. The minimum absolute atomic E-state index is 0.127. The Kier molecular flexibility index (Phi) is 8.54. The van der Waals surface area contributed by atoms with Gasteiger partial charge >= 0.3 is 0 Å². The zero-order chi connectivity index (χ0) is 19.0. The van der Waals surface area contributed by atoms with E-state index in [-0.39, 0.29) is 23.8 Å². The highest BCUT2D eigenvalue weighted by Crippen LogP contribution is 2.19. The Bertz CT molecular complexity index is 556. The van der Waals surface area contributed by atoms with Crippen molar-refractivity contribution >= 4 is 17.5 Å². The van der Waals surface area contributed by atoms with Gasteiger partial charge < -0.3 is 25.4 Å². The number of hydrogen-bond donors (Lipinski definition) is 3. The summed E-state index contributed by atoms with van der Waals surface area (Å²) in [6.45, 7) is 5.54. The van der Waals surface area contributed by atoms with Gasteiger partial charge in [-0.15, -0.1) is 0 Å². The first-order valence-electron chi connectivity index (χ1n) is 8.28. The minimum Gasteiger partial charge on any atom is -0.352 e. The Morgan fingerprint density at radius 1 is 0.960 bits per heavy atom. The van der Waals surface area contributed by atoms with Gasteiger partial charge in [-0.3, -0.25) is 9.59 Å². The molecule has 1 rings (SSSR count). The van der Waals surface area contributed by atoms with Gasteiger partial charge in [0.15, 0.2) is 6.29 Å². The van der Waals surface area contributed by atoms with E-state index in [4.69, 9.17) is 9.47 Å². The monoisotopic (exact) mass is 351 g/mol. The van der Waals surface area contributed by atoms with Crippen LogP contribution in [0.2, 0.25) is 0 Å². The van der Waals surface area contributed by atoms with E-state index in [1.54, 1.807) is 40.3 Å². The molecule has 1 aromatic rings. The highest BCUT2D eigenvalue weighted by atomic mass is 16.7. The molecule has 0 aliphatic carbocycles. The van der Waals surface area contributed by atoms with Gasteiger partial charge in [0, 0.05) is 25.5 Å². The number of ether oxygens (including phenoxy) is 2. The first kappa shape index (κ1) is 21.1. The molecule has 0 fully saturated rings. The quantitative estimate of drug-likeness (QED) is 0.589. The highest BCUT2D eigenvalue weighted by Gasteiger charge is 2.24. The summed E-state index contributed by atoms with van der Waals surface area (Å²) >= 11 is 0. The van der Waals surface area contributed by atoms with E-state index in [2.05, 4.69) is 16.0 Å². The van der Waals surface area contributed by atoms with E-state index in [0.717, 1.165) is 5.56 Å². The standard InChI is InChI=1S/C18H29N3O4/c1-11(2)15(19-4)17(23)20-12(3)16(22)21-14-9-7-13(8-10-14)18(24-5)25-6/h7-12,15,18-19H,1-6H3,(H,20,23)(H,21,22)/t12-,15?/m0/s1. The molecular weight excluding hydrogens is 322 g/mol. The van der Waals surface area contributed by atoms with Gasteiger partial charge in [-0.05, 0) is 32.0 Å². The van der Waals surface area contributed by atoms with Crippen LogP contribution in [-0.4, -0.2) is 45.2 Å². The first-order valence-corrected chi connectivity index (χ1v) is 8.28. The summed E-state index contributed by atoms with van der Waals surface area (Å²) in [5, 5.41) is 8.46. The number of methoxy groups -OCH3 is 2. The fraction of sp³-hybridized carbons (Fsp3) is 0.556. The summed E-state index contributed by atoms with van der Waals surface area (Å²) < 4.78 is 10.4. The number of nitrogens with one attached hydrogen (secondary N) is 3. The predicted octanol–water partition coefficient (Wildman–Crippen LogP) is 1.67. The summed E-state index contributed by atoms with van der Waals surface area (Å²) in [6.07, 6.45) is -0.447. The summed E-state index contributed by atoms with van der Waals surface area (Å²) in [7, 11) is 4.84. The lowest BCUT2D eigenvalue weighted by molar-refractivity contribution is -0.128. The van der Waals surface area contributed by atoms with Gasteiger partial charge in [-0.25, -0.2) is 0 Å². The van der Waals surface area contributed by atoms with E-state index in [9.17, 15) is 9.59 Å². The summed E-state index contributed by atoms with van der Waals surface area (Å²) in [6, 6.07) is 6.16. The highest BCUT2D eigenvalue weighted by molar-refractivity contribution is 5.97. The van der Waals surface area contributed by atoms with Crippen LogP contribution in [0.5, 0.6) is 0 Å². The van der Waals surface area contributed by atoms with Crippen molar-refractivity contribution in [3.8, 4) is 0 Å². The second-order valence-corrected chi connectivity index (χ2v) is 6.16. The zero-order valence-electron chi connectivity index (χ0n) is 15.8. The van der Waals surface area contributed by atoms with E-state index < -0.39 is 12.3 Å². The lowest BCUT2D eigenvalue weighted by atomic mass is 10.0. The molecule has 7 nitrogen and oxygen atoms in total. The van der Waals surface area contributed by atoms with E-state index in [0.29, 0.717) is 5.69 Å². The molecule has 1 aromatic carbocycles. The van der Waals surface area contributed by atoms with Crippen LogP contribution in [0, 0.1) is 5.92 Å². The Labute approximate surface area is 149 Å². The van der Waals surface area contributed by atoms with Crippen LogP contribution in [0.3, 0.4) is 0 Å². The molecule has 2 amide bonds. The maximum atomic E-state index is 12.3. The molecule has 2 atom stereocenters. The zero-order valence-corrected chi connectivity index (χ0v) is 15.8. The van der Waals surface area contributed by atoms with Crippen molar-refractivity contribution in [2.24, 2.45) is 5.92 Å². The average molecular weight is 351 g/mol. The van der Waals surface area contributed by atoms with Gasteiger partial charge in [-0.2, -0.15) is 0 Å². The number of anilines is 1. The Hall–Kier alpha value is -1.96. The van der Waals surface area contributed by atoms with E-state index in [1.165, 1.54) is 0 Å². The number of carbonyl (C=O) groups is 2. The van der Waals surface area contributed by atoms with Crippen LogP contribution < -0.4 is 16.0 Å². The van der Waals surface area contributed by atoms with E-state index >= 15 is 0 Å². The average Bonchev–Trinajstić information content (AvgIpc) is 2.57. The third-order valence-electron chi connectivity index (χ3n) is 3.89. The van der Waals surface area contributed by atoms with Crippen molar-refractivity contribution in [3.63, 3.8) is 0 Å². The molecule has 3 N–H and O–H groups in total. The van der Waals surface area contributed by atoms with Gasteiger partial charge in [-0.1, -0.05) is 26.0 Å². The summed E-state index contributed by atoms with van der Waals surface area (Å²) in [5.41, 5.74) is 1.48. The maximum Gasteiger partial charge on any atom is 0.246 e. The molecule has 0 heterocycles. The number of likely N-dealkylation sites (N-methyl/N-ethyl adjacent to an activating group) is 1. The number of hydrogen-bond acceptors (Lipinski definition) is 5. The molecule has 0 spiro atoms. The lowest BCUT2D eigenvalue weighted by Gasteiger charge is -2.22. The molecule has 0 aromatic heterocycles. The van der Waals surface area contributed by atoms with Crippen molar-refractivity contribution in [2.75, 3.05) is 26.6 Å². The second kappa shape index (κ2) is 10.1. The van der Waals surface area contributed by atoms with Crippen molar-refractivity contribution < 1.29 is 19.1 Å². The van der Waals surface area contributed by atoms with Gasteiger partial charge in [0.25, 0.3) is 0 Å². The molecule has 0 aliphatic heterocycles. The fourth-order valence-electron chi connectivity index (χ4n) is 2.48. The molecule has 7 heteroatoms. The van der Waals surface area contributed by atoms with Crippen LogP contribution in [0.15, 0.2) is 24.3 Å².